The van der Waals surface area contributed by atoms with E-state index >= 15 is 0 Å². The Labute approximate surface area is 96.7 Å². The van der Waals surface area contributed by atoms with E-state index in [0.29, 0.717) is 17.1 Å². The number of nitrogens with zero attached hydrogens (tertiary/aromatic N) is 2. The third kappa shape index (κ3) is 1.18. The van der Waals surface area contributed by atoms with Gasteiger partial charge in [0.2, 0.25) is 5.95 Å². The van der Waals surface area contributed by atoms with Gasteiger partial charge < -0.3 is 10.7 Å². The summed E-state index contributed by atoms with van der Waals surface area (Å²) in [5.74, 6) is 3.09. The quantitative estimate of drug-likeness (QED) is 0.673. The van der Waals surface area contributed by atoms with Crippen molar-refractivity contribution in [2.24, 2.45) is 11.8 Å². The lowest BCUT2D eigenvalue weighted by Crippen LogP contribution is -2.10. The number of H-pyrrole nitrogens is 2. The van der Waals surface area contributed by atoms with E-state index in [1.54, 1.807) is 0 Å². The molecule has 0 aliphatic heterocycles. The smallest absolute Gasteiger partial charge is 0.278 e. The van der Waals surface area contributed by atoms with Crippen molar-refractivity contribution < 1.29 is 0 Å². The van der Waals surface area contributed by atoms with Gasteiger partial charge in [-0.1, -0.05) is 6.42 Å². The first-order valence-electron chi connectivity index (χ1n) is 5.99. The van der Waals surface area contributed by atoms with Gasteiger partial charge in [-0.2, -0.15) is 4.98 Å². The van der Waals surface area contributed by atoms with E-state index in [0.717, 1.165) is 17.7 Å². The summed E-state index contributed by atoms with van der Waals surface area (Å²) in [4.78, 5) is 25.7. The molecule has 2 heterocycles. The molecule has 2 aromatic heterocycles. The molecule has 17 heavy (non-hydrogen) atoms. The summed E-state index contributed by atoms with van der Waals surface area (Å²) in [6, 6.07) is 0. The molecule has 2 aromatic rings. The van der Waals surface area contributed by atoms with Gasteiger partial charge in [-0.15, -0.1) is 0 Å². The summed E-state index contributed by atoms with van der Waals surface area (Å²) in [6.45, 7) is 0. The van der Waals surface area contributed by atoms with Crippen molar-refractivity contribution in [2.45, 2.75) is 25.2 Å². The van der Waals surface area contributed by atoms with Crippen LogP contribution in [-0.4, -0.2) is 19.9 Å². The summed E-state index contributed by atoms with van der Waals surface area (Å²) in [7, 11) is 0. The van der Waals surface area contributed by atoms with Crippen LogP contribution in [0, 0.1) is 11.8 Å². The highest BCUT2D eigenvalue weighted by Crippen LogP contribution is 2.62. The predicted molar refractivity (Wildman–Crippen MR) is 62.5 cm³/mol. The molecule has 0 amide bonds. The first kappa shape index (κ1) is 9.21. The Bertz CT molecular complexity index is 647. The summed E-state index contributed by atoms with van der Waals surface area (Å²) >= 11 is 0. The van der Waals surface area contributed by atoms with E-state index in [1.807, 2.05) is 0 Å². The minimum atomic E-state index is -0.239. The molecule has 2 unspecified atom stereocenters. The molecule has 6 nitrogen and oxygen atoms in total. The van der Waals surface area contributed by atoms with Crippen LogP contribution < -0.4 is 11.3 Å². The molecule has 0 saturated heterocycles. The third-order valence-corrected chi connectivity index (χ3v) is 4.12. The number of imidazole rings is 1. The van der Waals surface area contributed by atoms with Gasteiger partial charge in [0.1, 0.15) is 5.82 Å². The number of hydrogen-bond acceptors (Lipinski definition) is 4. The monoisotopic (exact) mass is 231 g/mol. The number of fused-ring (bicyclic) bond motifs is 2. The SMILES string of the molecule is Nc1nc2nc(C3C4CCCC43)[nH]c2c(=O)[nH]1. The maximum atomic E-state index is 11.7. The zero-order valence-corrected chi connectivity index (χ0v) is 9.23. The minimum absolute atomic E-state index is 0.122. The fourth-order valence-corrected chi connectivity index (χ4v) is 3.33. The molecule has 0 aromatic carbocycles. The van der Waals surface area contributed by atoms with Crippen molar-refractivity contribution in [1.29, 1.82) is 0 Å². The lowest BCUT2D eigenvalue weighted by atomic mass is 10.1. The molecular formula is C11H13N5O. The van der Waals surface area contributed by atoms with E-state index < -0.39 is 0 Å². The largest absolute Gasteiger partial charge is 0.369 e. The van der Waals surface area contributed by atoms with Crippen molar-refractivity contribution in [3.63, 3.8) is 0 Å². The van der Waals surface area contributed by atoms with E-state index in [-0.39, 0.29) is 11.5 Å². The minimum Gasteiger partial charge on any atom is -0.369 e. The van der Waals surface area contributed by atoms with Crippen molar-refractivity contribution in [1.82, 2.24) is 19.9 Å². The van der Waals surface area contributed by atoms with Gasteiger partial charge in [-0.3, -0.25) is 9.78 Å². The molecule has 6 heteroatoms. The number of aromatic nitrogens is 4. The van der Waals surface area contributed by atoms with Gasteiger partial charge in [-0.25, -0.2) is 4.98 Å². The third-order valence-electron chi connectivity index (χ3n) is 4.12. The molecule has 2 fully saturated rings. The highest BCUT2D eigenvalue weighted by atomic mass is 16.1. The molecule has 0 bridgehead atoms. The molecule has 4 rings (SSSR count). The molecule has 4 N–H and O–H groups in total. The normalized spacial score (nSPS) is 30.7. The molecular weight excluding hydrogens is 218 g/mol. The van der Waals surface area contributed by atoms with E-state index in [9.17, 15) is 4.79 Å². The van der Waals surface area contributed by atoms with Crippen LogP contribution in [0.25, 0.3) is 11.2 Å². The number of anilines is 1. The maximum Gasteiger partial charge on any atom is 0.278 e. The number of hydrogen-bond donors (Lipinski definition) is 3. The van der Waals surface area contributed by atoms with Crippen LogP contribution in [0.1, 0.15) is 31.0 Å². The number of nitrogens with one attached hydrogen (secondary N) is 2. The molecule has 2 aliphatic carbocycles. The van der Waals surface area contributed by atoms with Gasteiger partial charge in [0.25, 0.3) is 5.56 Å². The van der Waals surface area contributed by atoms with Crippen LogP contribution in [0.4, 0.5) is 5.95 Å². The van der Waals surface area contributed by atoms with Gasteiger partial charge >= 0.3 is 0 Å². The Morgan fingerprint density at radius 3 is 2.71 bits per heavy atom. The van der Waals surface area contributed by atoms with Crippen LogP contribution in [0.2, 0.25) is 0 Å². The second-order valence-corrected chi connectivity index (χ2v) is 5.06. The van der Waals surface area contributed by atoms with Crippen molar-refractivity contribution in [3.05, 3.63) is 16.2 Å². The molecule has 0 radical (unpaired) electrons. The number of aromatic amines is 2. The predicted octanol–water partition coefficient (Wildman–Crippen LogP) is 0.742. The summed E-state index contributed by atoms with van der Waals surface area (Å²) in [6.07, 6.45) is 3.91. The lowest BCUT2D eigenvalue weighted by molar-refractivity contribution is 0.664. The second-order valence-electron chi connectivity index (χ2n) is 5.06. The fraction of sp³-hybridized carbons (Fsp3) is 0.545. The number of rotatable bonds is 1. The molecule has 2 saturated carbocycles. The van der Waals surface area contributed by atoms with Gasteiger partial charge in [0, 0.05) is 5.92 Å². The second kappa shape index (κ2) is 2.88. The number of nitrogen functional groups attached to an aromatic ring is 1. The summed E-state index contributed by atoms with van der Waals surface area (Å²) in [5, 5.41) is 0. The van der Waals surface area contributed by atoms with Gasteiger partial charge in [-0.05, 0) is 24.7 Å². The van der Waals surface area contributed by atoms with Crippen molar-refractivity contribution in [3.8, 4) is 0 Å². The Balaban J connectivity index is 1.83. The Hall–Kier alpha value is -1.85. The Morgan fingerprint density at radius 1 is 1.18 bits per heavy atom. The zero-order chi connectivity index (χ0) is 11.6. The number of nitrogens with two attached hydrogens (primary N) is 1. The average Bonchev–Trinajstić information content (AvgIpc) is 2.67. The molecule has 0 spiro atoms. The van der Waals surface area contributed by atoms with Crippen LogP contribution in [0.3, 0.4) is 0 Å². The van der Waals surface area contributed by atoms with Gasteiger partial charge in [0.15, 0.2) is 11.2 Å². The summed E-state index contributed by atoms with van der Waals surface area (Å²) < 4.78 is 0. The lowest BCUT2D eigenvalue weighted by Gasteiger charge is -1.97. The van der Waals surface area contributed by atoms with Crippen LogP contribution >= 0.6 is 0 Å². The maximum absolute atomic E-state index is 11.7. The first-order valence-corrected chi connectivity index (χ1v) is 5.99. The van der Waals surface area contributed by atoms with Crippen LogP contribution in [0.15, 0.2) is 4.79 Å². The Morgan fingerprint density at radius 2 is 1.94 bits per heavy atom. The van der Waals surface area contributed by atoms with E-state index in [1.165, 1.54) is 19.3 Å². The average molecular weight is 231 g/mol. The molecule has 88 valence electrons. The molecule has 2 atom stereocenters. The Kier molecular flexibility index (Phi) is 1.56. The van der Waals surface area contributed by atoms with E-state index in [4.69, 9.17) is 5.73 Å². The fourth-order valence-electron chi connectivity index (χ4n) is 3.33. The first-order chi connectivity index (χ1) is 8.24. The highest BCUT2D eigenvalue weighted by molar-refractivity contribution is 5.70. The highest BCUT2D eigenvalue weighted by Gasteiger charge is 2.54. The topological polar surface area (TPSA) is 100 Å². The van der Waals surface area contributed by atoms with Crippen molar-refractivity contribution in [2.75, 3.05) is 5.73 Å². The summed E-state index contributed by atoms with van der Waals surface area (Å²) in [5.41, 5.74) is 6.14. The standard InChI is InChI=1S/C11H13N5O/c12-11-15-9-7(10(17)16-11)13-8(14-9)6-4-2-1-3-5(4)6/h4-6H,1-3H2,(H4,12,13,14,15,16,17). The van der Waals surface area contributed by atoms with E-state index in [2.05, 4.69) is 19.9 Å². The van der Waals surface area contributed by atoms with Crippen molar-refractivity contribution >= 4 is 17.1 Å². The van der Waals surface area contributed by atoms with Crippen LogP contribution in [0.5, 0.6) is 0 Å². The molecule has 2 aliphatic rings. The van der Waals surface area contributed by atoms with Crippen LogP contribution in [-0.2, 0) is 0 Å². The van der Waals surface area contributed by atoms with Gasteiger partial charge in [0.05, 0.1) is 0 Å². The zero-order valence-electron chi connectivity index (χ0n) is 9.23.